The Morgan fingerprint density at radius 1 is 1.22 bits per heavy atom. The van der Waals surface area contributed by atoms with Gasteiger partial charge in [-0.2, -0.15) is 0 Å². The van der Waals surface area contributed by atoms with Crippen LogP contribution in [0.4, 0.5) is 4.39 Å². The molecule has 0 aromatic heterocycles. The molecule has 0 aliphatic carbocycles. The fourth-order valence-electron chi connectivity index (χ4n) is 2.90. The minimum atomic E-state index is -0.183. The molecule has 0 radical (unpaired) electrons. The first-order valence-corrected chi connectivity index (χ1v) is 6.86. The molecule has 1 aromatic rings. The Hall–Kier alpha value is -0.930. The van der Waals surface area contributed by atoms with Crippen molar-refractivity contribution in [1.29, 1.82) is 0 Å². The summed E-state index contributed by atoms with van der Waals surface area (Å²) in [6.07, 6.45) is 3.43. The minimum absolute atomic E-state index is 0.139. The zero-order chi connectivity index (χ0) is 13.1. The number of rotatable bonds is 2. The number of nitrogens with zero attached hydrogens (tertiary/aromatic N) is 1. The highest BCUT2D eigenvalue weighted by atomic mass is 19.1. The van der Waals surface area contributed by atoms with Crippen LogP contribution in [-0.4, -0.2) is 23.5 Å². The average Bonchev–Trinajstić information content (AvgIpc) is 2.52. The molecule has 2 nitrogen and oxygen atoms in total. The quantitative estimate of drug-likeness (QED) is 0.874. The molecule has 0 saturated carbocycles. The lowest BCUT2D eigenvalue weighted by Crippen LogP contribution is -2.43. The molecule has 2 unspecified atom stereocenters. The van der Waals surface area contributed by atoms with E-state index < -0.39 is 0 Å². The highest BCUT2D eigenvalue weighted by Gasteiger charge is 2.30. The number of halogens is 1. The van der Waals surface area contributed by atoms with Crippen LogP contribution in [0.3, 0.4) is 0 Å². The number of likely N-dealkylation sites (tertiary alicyclic amines) is 1. The largest absolute Gasteiger partial charge is 0.326 e. The van der Waals surface area contributed by atoms with Crippen LogP contribution in [0.1, 0.15) is 44.7 Å². The molecular weight excluding hydrogens is 227 g/mol. The smallest absolute Gasteiger partial charge is 0.123 e. The fourth-order valence-corrected chi connectivity index (χ4v) is 2.90. The minimum Gasteiger partial charge on any atom is -0.326 e. The van der Waals surface area contributed by atoms with Crippen molar-refractivity contribution < 1.29 is 4.39 Å². The highest BCUT2D eigenvalue weighted by molar-refractivity contribution is 5.22. The lowest BCUT2D eigenvalue weighted by atomic mass is 9.95. The lowest BCUT2D eigenvalue weighted by molar-refractivity contribution is 0.144. The topological polar surface area (TPSA) is 29.3 Å². The van der Waals surface area contributed by atoms with Crippen LogP contribution in [0, 0.1) is 5.82 Å². The summed E-state index contributed by atoms with van der Waals surface area (Å²) in [5.74, 6) is -0.183. The van der Waals surface area contributed by atoms with E-state index in [0.29, 0.717) is 6.04 Å². The van der Waals surface area contributed by atoms with Gasteiger partial charge in [-0.1, -0.05) is 18.6 Å². The molecule has 1 aromatic carbocycles. The normalized spacial score (nSPS) is 26.3. The molecule has 18 heavy (non-hydrogen) atoms. The van der Waals surface area contributed by atoms with Crippen LogP contribution in [0.5, 0.6) is 0 Å². The molecule has 0 spiro atoms. The Balaban J connectivity index is 2.31. The van der Waals surface area contributed by atoms with Crippen molar-refractivity contribution in [3.63, 3.8) is 0 Å². The van der Waals surface area contributed by atoms with Gasteiger partial charge in [-0.3, -0.25) is 4.90 Å². The van der Waals surface area contributed by atoms with Crippen molar-refractivity contribution in [3.05, 3.63) is 35.6 Å². The van der Waals surface area contributed by atoms with Gasteiger partial charge >= 0.3 is 0 Å². The van der Waals surface area contributed by atoms with Gasteiger partial charge in [0.1, 0.15) is 5.82 Å². The Kier molecular flexibility index (Phi) is 4.36. The van der Waals surface area contributed by atoms with Crippen LogP contribution in [0.25, 0.3) is 0 Å². The van der Waals surface area contributed by atoms with Gasteiger partial charge in [-0.15, -0.1) is 0 Å². The second kappa shape index (κ2) is 5.81. The summed E-state index contributed by atoms with van der Waals surface area (Å²) in [4.78, 5) is 2.45. The van der Waals surface area contributed by atoms with E-state index in [4.69, 9.17) is 5.73 Å². The van der Waals surface area contributed by atoms with E-state index in [1.165, 1.54) is 25.0 Å². The monoisotopic (exact) mass is 250 g/mol. The second-order valence-corrected chi connectivity index (χ2v) is 5.49. The second-order valence-electron chi connectivity index (χ2n) is 5.49. The molecule has 2 N–H and O–H groups in total. The predicted molar refractivity (Wildman–Crippen MR) is 72.8 cm³/mol. The number of hydrogen-bond donors (Lipinski definition) is 1. The van der Waals surface area contributed by atoms with Crippen molar-refractivity contribution >= 4 is 0 Å². The number of nitrogens with two attached hydrogens (primary N) is 1. The molecule has 1 saturated heterocycles. The molecule has 0 bridgehead atoms. The van der Waals surface area contributed by atoms with E-state index in [-0.39, 0.29) is 17.9 Å². The van der Waals surface area contributed by atoms with Gasteiger partial charge in [0.05, 0.1) is 6.04 Å². The van der Waals surface area contributed by atoms with E-state index in [9.17, 15) is 4.39 Å². The van der Waals surface area contributed by atoms with Gasteiger partial charge in [-0.05, 0) is 50.9 Å². The number of hydrogen-bond acceptors (Lipinski definition) is 2. The van der Waals surface area contributed by atoms with Crippen LogP contribution < -0.4 is 5.73 Å². The maximum absolute atomic E-state index is 13.0. The molecule has 1 fully saturated rings. The molecule has 1 heterocycles. The Morgan fingerprint density at radius 3 is 2.50 bits per heavy atom. The first-order chi connectivity index (χ1) is 8.59. The Labute approximate surface area is 109 Å². The molecular formula is C15H23FN2. The van der Waals surface area contributed by atoms with Crippen LogP contribution in [-0.2, 0) is 0 Å². The van der Waals surface area contributed by atoms with Gasteiger partial charge < -0.3 is 5.73 Å². The van der Waals surface area contributed by atoms with Crippen molar-refractivity contribution in [2.75, 3.05) is 6.54 Å². The molecule has 1 aliphatic heterocycles. The zero-order valence-electron chi connectivity index (χ0n) is 11.3. The van der Waals surface area contributed by atoms with Crippen LogP contribution >= 0.6 is 0 Å². The highest BCUT2D eigenvalue weighted by Crippen LogP contribution is 2.31. The molecule has 0 amide bonds. The maximum Gasteiger partial charge on any atom is 0.123 e. The van der Waals surface area contributed by atoms with Crippen molar-refractivity contribution in [2.45, 2.75) is 51.2 Å². The molecule has 3 heteroatoms. The van der Waals surface area contributed by atoms with E-state index in [1.807, 2.05) is 12.1 Å². The first-order valence-electron chi connectivity index (χ1n) is 6.86. The maximum atomic E-state index is 13.0. The fraction of sp³-hybridized carbons (Fsp3) is 0.600. The van der Waals surface area contributed by atoms with Crippen LogP contribution in [0.15, 0.2) is 24.3 Å². The predicted octanol–water partition coefficient (Wildman–Crippen LogP) is 3.09. The molecule has 2 atom stereocenters. The SMILES string of the molecule is CC(C)N1CCCCC(N)C1c1ccc(F)cc1. The summed E-state index contributed by atoms with van der Waals surface area (Å²) in [6, 6.07) is 7.63. The number of benzene rings is 1. The third-order valence-electron chi connectivity index (χ3n) is 3.84. The van der Waals surface area contributed by atoms with E-state index in [1.54, 1.807) is 0 Å². The summed E-state index contributed by atoms with van der Waals surface area (Å²) >= 11 is 0. The average molecular weight is 250 g/mol. The standard InChI is InChI=1S/C15H23FN2/c1-11(2)18-10-4-3-5-14(17)15(18)12-6-8-13(16)9-7-12/h6-9,11,14-15H,3-5,10,17H2,1-2H3. The third kappa shape index (κ3) is 2.90. The van der Waals surface area contributed by atoms with Crippen molar-refractivity contribution in [3.8, 4) is 0 Å². The van der Waals surface area contributed by atoms with Crippen LogP contribution in [0.2, 0.25) is 0 Å². The zero-order valence-corrected chi connectivity index (χ0v) is 11.3. The molecule has 1 aliphatic rings. The summed E-state index contributed by atoms with van der Waals surface area (Å²) in [6.45, 7) is 5.48. The lowest BCUT2D eigenvalue weighted by Gasteiger charge is -2.36. The molecule has 100 valence electrons. The first kappa shape index (κ1) is 13.5. The van der Waals surface area contributed by atoms with E-state index in [0.717, 1.165) is 18.5 Å². The molecule has 2 rings (SSSR count). The summed E-state index contributed by atoms with van der Waals surface area (Å²) in [5, 5.41) is 0. The summed E-state index contributed by atoms with van der Waals surface area (Å²) in [7, 11) is 0. The van der Waals surface area contributed by atoms with Crippen molar-refractivity contribution in [2.24, 2.45) is 5.73 Å². The van der Waals surface area contributed by atoms with Gasteiger partial charge in [0.25, 0.3) is 0 Å². The van der Waals surface area contributed by atoms with Gasteiger partial charge in [0.15, 0.2) is 0 Å². The Morgan fingerprint density at radius 2 is 1.89 bits per heavy atom. The summed E-state index contributed by atoms with van der Waals surface area (Å²) in [5.41, 5.74) is 7.48. The van der Waals surface area contributed by atoms with Crippen molar-refractivity contribution in [1.82, 2.24) is 4.90 Å². The summed E-state index contributed by atoms with van der Waals surface area (Å²) < 4.78 is 13.0. The van der Waals surface area contributed by atoms with Gasteiger partial charge in [0.2, 0.25) is 0 Å². The van der Waals surface area contributed by atoms with E-state index >= 15 is 0 Å². The Bertz CT molecular complexity index is 375. The third-order valence-corrected chi connectivity index (χ3v) is 3.84. The van der Waals surface area contributed by atoms with Gasteiger partial charge in [-0.25, -0.2) is 4.39 Å². The van der Waals surface area contributed by atoms with Gasteiger partial charge in [0, 0.05) is 12.1 Å². The van der Waals surface area contributed by atoms with E-state index in [2.05, 4.69) is 18.7 Å².